The summed E-state index contributed by atoms with van der Waals surface area (Å²) in [6.07, 6.45) is 2.35. The molecular weight excluding hydrogens is 296 g/mol. The number of nitrogens with zero attached hydrogens (tertiary/aromatic N) is 2. The maximum absolute atomic E-state index is 10.8. The molecule has 4 nitrogen and oxygen atoms in total. The van der Waals surface area contributed by atoms with Gasteiger partial charge in [-0.3, -0.25) is 4.79 Å². The molecular formula is C17H20N2O2S. The molecule has 1 aromatic heterocycles. The summed E-state index contributed by atoms with van der Waals surface area (Å²) in [4.78, 5) is 17.7. The minimum Gasteiger partial charge on any atom is -0.481 e. The van der Waals surface area contributed by atoms with E-state index in [9.17, 15) is 4.79 Å². The van der Waals surface area contributed by atoms with Crippen LogP contribution in [0, 0.1) is 0 Å². The normalized spacial score (nSPS) is 15.4. The van der Waals surface area contributed by atoms with Crippen LogP contribution in [0.4, 0.5) is 5.69 Å². The molecule has 0 saturated carbocycles. The fraction of sp³-hybridized carbons (Fsp3) is 0.412. The quantitative estimate of drug-likeness (QED) is 0.919. The van der Waals surface area contributed by atoms with Crippen molar-refractivity contribution in [1.29, 1.82) is 0 Å². The first-order chi connectivity index (χ1) is 10.6. The van der Waals surface area contributed by atoms with Crippen molar-refractivity contribution >= 4 is 23.0 Å². The number of aliphatic carboxylic acids is 1. The molecule has 0 saturated heterocycles. The van der Waals surface area contributed by atoms with E-state index in [4.69, 9.17) is 5.11 Å². The van der Waals surface area contributed by atoms with Gasteiger partial charge in [-0.05, 0) is 24.5 Å². The number of aromatic nitrogens is 1. The number of thiazole rings is 1. The fourth-order valence-corrected chi connectivity index (χ4v) is 3.86. The van der Waals surface area contributed by atoms with Crippen LogP contribution in [0.2, 0.25) is 0 Å². The summed E-state index contributed by atoms with van der Waals surface area (Å²) in [5, 5.41) is 11.7. The smallest absolute Gasteiger partial charge is 0.309 e. The van der Waals surface area contributed by atoms with Crippen LogP contribution in [0.3, 0.4) is 0 Å². The number of hydrogen-bond donors (Lipinski definition) is 1. The lowest BCUT2D eigenvalue weighted by atomic mass is 10.0. The highest BCUT2D eigenvalue weighted by molar-refractivity contribution is 7.09. The molecule has 0 radical (unpaired) electrons. The van der Waals surface area contributed by atoms with Gasteiger partial charge >= 0.3 is 5.97 Å². The summed E-state index contributed by atoms with van der Waals surface area (Å²) in [6.45, 7) is 4.17. The SMILES string of the molecule is CC(CN1CCCc2ccccc21)c1nc(CC(=O)O)cs1. The number of para-hydroxylation sites is 1. The van der Waals surface area contributed by atoms with Crippen LogP contribution in [-0.2, 0) is 17.6 Å². The van der Waals surface area contributed by atoms with Gasteiger partial charge < -0.3 is 10.0 Å². The van der Waals surface area contributed by atoms with Crippen molar-refractivity contribution in [2.24, 2.45) is 0 Å². The first-order valence-electron chi connectivity index (χ1n) is 7.62. The van der Waals surface area contributed by atoms with E-state index in [2.05, 4.69) is 41.1 Å². The Bertz CT molecular complexity index is 668. The van der Waals surface area contributed by atoms with Crippen LogP contribution < -0.4 is 4.90 Å². The molecule has 1 aliphatic rings. The molecule has 1 unspecified atom stereocenters. The Labute approximate surface area is 134 Å². The minimum absolute atomic E-state index is 0.00969. The molecule has 0 bridgehead atoms. The third kappa shape index (κ3) is 3.30. The van der Waals surface area contributed by atoms with Gasteiger partial charge in [-0.2, -0.15) is 0 Å². The highest BCUT2D eigenvalue weighted by atomic mass is 32.1. The zero-order valence-corrected chi connectivity index (χ0v) is 13.5. The summed E-state index contributed by atoms with van der Waals surface area (Å²) in [7, 11) is 0. The lowest BCUT2D eigenvalue weighted by Crippen LogP contribution is -2.32. The van der Waals surface area contributed by atoms with Crippen molar-refractivity contribution in [3.8, 4) is 0 Å². The Kier molecular flexibility index (Phi) is 4.43. The van der Waals surface area contributed by atoms with Crippen LogP contribution in [0.5, 0.6) is 0 Å². The average molecular weight is 316 g/mol. The zero-order chi connectivity index (χ0) is 15.5. The molecule has 3 rings (SSSR count). The van der Waals surface area contributed by atoms with E-state index >= 15 is 0 Å². The number of carbonyl (C=O) groups is 1. The van der Waals surface area contributed by atoms with Crippen LogP contribution in [0.25, 0.3) is 0 Å². The largest absolute Gasteiger partial charge is 0.481 e. The molecule has 5 heteroatoms. The first-order valence-corrected chi connectivity index (χ1v) is 8.50. The van der Waals surface area contributed by atoms with Gasteiger partial charge in [-0.1, -0.05) is 25.1 Å². The average Bonchev–Trinajstić information content (AvgIpc) is 2.95. The third-order valence-corrected chi connectivity index (χ3v) is 5.15. The second-order valence-electron chi connectivity index (χ2n) is 5.83. The Morgan fingerprint density at radius 1 is 1.45 bits per heavy atom. The predicted octanol–water partition coefficient (Wildman–Crippen LogP) is 3.33. The lowest BCUT2D eigenvalue weighted by molar-refractivity contribution is -0.136. The molecule has 1 N–H and O–H groups in total. The molecule has 0 amide bonds. The highest BCUT2D eigenvalue weighted by Gasteiger charge is 2.20. The Balaban J connectivity index is 1.71. The van der Waals surface area contributed by atoms with Gasteiger partial charge in [0.1, 0.15) is 0 Å². The van der Waals surface area contributed by atoms with E-state index in [0.717, 1.165) is 24.5 Å². The van der Waals surface area contributed by atoms with E-state index in [1.165, 1.54) is 17.7 Å². The second kappa shape index (κ2) is 6.48. The number of fused-ring (bicyclic) bond motifs is 1. The maximum Gasteiger partial charge on any atom is 0.309 e. The molecule has 2 heterocycles. The highest BCUT2D eigenvalue weighted by Crippen LogP contribution is 2.30. The zero-order valence-electron chi connectivity index (χ0n) is 12.7. The van der Waals surface area contributed by atoms with Crippen molar-refractivity contribution in [2.75, 3.05) is 18.0 Å². The number of benzene rings is 1. The van der Waals surface area contributed by atoms with Crippen LogP contribution in [0.15, 0.2) is 29.6 Å². The molecule has 2 aromatic rings. The second-order valence-corrected chi connectivity index (χ2v) is 6.72. The van der Waals surface area contributed by atoms with Gasteiger partial charge in [0.2, 0.25) is 0 Å². The van der Waals surface area contributed by atoms with Gasteiger partial charge in [0.25, 0.3) is 0 Å². The molecule has 1 aromatic carbocycles. The third-order valence-electron chi connectivity index (χ3n) is 4.02. The van der Waals surface area contributed by atoms with E-state index < -0.39 is 5.97 Å². The molecule has 1 aliphatic heterocycles. The minimum atomic E-state index is -0.825. The monoisotopic (exact) mass is 316 g/mol. The number of hydrogen-bond acceptors (Lipinski definition) is 4. The summed E-state index contributed by atoms with van der Waals surface area (Å²) in [5.74, 6) is -0.520. The summed E-state index contributed by atoms with van der Waals surface area (Å²) >= 11 is 1.57. The van der Waals surface area contributed by atoms with Crippen LogP contribution in [0.1, 0.15) is 35.5 Å². The fourth-order valence-electron chi connectivity index (χ4n) is 2.99. The van der Waals surface area contributed by atoms with Gasteiger partial charge in [0.05, 0.1) is 17.1 Å². The maximum atomic E-state index is 10.8. The van der Waals surface area contributed by atoms with Gasteiger partial charge in [-0.25, -0.2) is 4.98 Å². The summed E-state index contributed by atoms with van der Waals surface area (Å²) in [6, 6.07) is 8.60. The van der Waals surface area contributed by atoms with E-state index in [-0.39, 0.29) is 6.42 Å². The van der Waals surface area contributed by atoms with Crippen molar-refractivity contribution in [3.63, 3.8) is 0 Å². The Morgan fingerprint density at radius 3 is 3.09 bits per heavy atom. The molecule has 1 atom stereocenters. The molecule has 116 valence electrons. The molecule has 0 aliphatic carbocycles. The molecule has 0 spiro atoms. The van der Waals surface area contributed by atoms with Crippen LogP contribution >= 0.6 is 11.3 Å². The van der Waals surface area contributed by atoms with Gasteiger partial charge in [0.15, 0.2) is 0 Å². The van der Waals surface area contributed by atoms with Crippen molar-refractivity contribution in [3.05, 3.63) is 45.9 Å². The molecule has 0 fully saturated rings. The Hall–Kier alpha value is -1.88. The predicted molar refractivity (Wildman–Crippen MR) is 88.8 cm³/mol. The Morgan fingerprint density at radius 2 is 2.27 bits per heavy atom. The summed E-state index contributed by atoms with van der Waals surface area (Å²) in [5.41, 5.74) is 3.42. The number of rotatable bonds is 5. The number of carboxylic acid groups (broad SMARTS) is 1. The number of carboxylic acids is 1. The van der Waals surface area contributed by atoms with Gasteiger partial charge in [0, 0.05) is 30.1 Å². The van der Waals surface area contributed by atoms with E-state index in [0.29, 0.717) is 11.6 Å². The van der Waals surface area contributed by atoms with Gasteiger partial charge in [-0.15, -0.1) is 11.3 Å². The molecule has 22 heavy (non-hydrogen) atoms. The van der Waals surface area contributed by atoms with Crippen molar-refractivity contribution in [2.45, 2.75) is 32.1 Å². The standard InChI is InChI=1S/C17H20N2O2S/c1-12(17-18-14(11-22-17)9-16(20)21)10-19-8-4-6-13-5-2-3-7-15(13)19/h2-3,5,7,11-12H,4,6,8-10H2,1H3,(H,20,21). The van der Waals surface area contributed by atoms with Crippen molar-refractivity contribution in [1.82, 2.24) is 4.98 Å². The van der Waals surface area contributed by atoms with E-state index in [1.807, 2.05) is 5.38 Å². The number of anilines is 1. The van der Waals surface area contributed by atoms with Crippen LogP contribution in [-0.4, -0.2) is 29.1 Å². The van der Waals surface area contributed by atoms with E-state index in [1.54, 1.807) is 11.3 Å². The lowest BCUT2D eigenvalue weighted by Gasteiger charge is -2.32. The van der Waals surface area contributed by atoms with Crippen molar-refractivity contribution < 1.29 is 9.90 Å². The number of aryl methyl sites for hydroxylation is 1. The summed E-state index contributed by atoms with van der Waals surface area (Å²) < 4.78 is 0. The first kappa shape index (κ1) is 15.0. The topological polar surface area (TPSA) is 53.4 Å².